The zero-order valence-electron chi connectivity index (χ0n) is 21.1. The number of aromatic nitrogens is 1. The first-order chi connectivity index (χ1) is 18.2. The molecule has 8 heteroatoms. The number of anilines is 1. The highest BCUT2D eigenvalue weighted by Crippen LogP contribution is 2.36. The molecule has 198 valence electrons. The number of amides is 1. The van der Waals surface area contributed by atoms with E-state index < -0.39 is 11.7 Å². The van der Waals surface area contributed by atoms with E-state index in [2.05, 4.69) is 24.0 Å². The van der Waals surface area contributed by atoms with Gasteiger partial charge in [0.2, 0.25) is 5.91 Å². The number of aryl methyl sites for hydroxylation is 1. The van der Waals surface area contributed by atoms with Crippen molar-refractivity contribution in [2.45, 2.75) is 31.9 Å². The first-order valence-electron chi connectivity index (χ1n) is 12.8. The number of piperazine rings is 1. The smallest absolute Gasteiger partial charge is 0.368 e. The maximum absolute atomic E-state index is 13.6. The van der Waals surface area contributed by atoms with Crippen LogP contribution >= 0.6 is 11.6 Å². The Morgan fingerprint density at radius 2 is 1.71 bits per heavy atom. The fourth-order valence-corrected chi connectivity index (χ4v) is 5.45. The zero-order chi connectivity index (χ0) is 26.9. The number of hydrogen-bond donors (Lipinski definition) is 1. The highest BCUT2D eigenvalue weighted by Gasteiger charge is 2.32. The number of alkyl halides is 3. The number of rotatable bonds is 6. The van der Waals surface area contributed by atoms with Crippen molar-refractivity contribution in [2.24, 2.45) is 0 Å². The molecule has 5 rings (SSSR count). The molecule has 1 amide bonds. The largest absolute Gasteiger partial charge is 0.416 e. The third-order valence-electron chi connectivity index (χ3n) is 7.41. The third-order valence-corrected chi connectivity index (χ3v) is 7.66. The van der Waals surface area contributed by atoms with Crippen molar-refractivity contribution in [3.8, 4) is 0 Å². The number of nitrogens with one attached hydrogen (secondary N) is 1. The Morgan fingerprint density at radius 3 is 2.39 bits per heavy atom. The number of benzene rings is 3. The molecule has 1 atom stereocenters. The van der Waals surface area contributed by atoms with Crippen LogP contribution in [0.3, 0.4) is 0 Å². The Kier molecular flexibility index (Phi) is 7.39. The molecular weight excluding hydrogens is 511 g/mol. The number of aromatic amines is 1. The second kappa shape index (κ2) is 10.7. The van der Waals surface area contributed by atoms with Crippen molar-refractivity contribution in [3.63, 3.8) is 0 Å². The van der Waals surface area contributed by atoms with Gasteiger partial charge in [-0.25, -0.2) is 0 Å². The van der Waals surface area contributed by atoms with E-state index in [4.69, 9.17) is 11.6 Å². The van der Waals surface area contributed by atoms with Crippen LogP contribution in [0, 0.1) is 0 Å². The van der Waals surface area contributed by atoms with Gasteiger partial charge in [-0.2, -0.15) is 13.2 Å². The molecular formula is C30H29ClF3N3O. The van der Waals surface area contributed by atoms with Crippen molar-refractivity contribution in [3.05, 3.63) is 100 Å². The molecule has 1 unspecified atom stereocenters. The Hall–Kier alpha value is -3.45. The molecule has 3 aromatic carbocycles. The number of fused-ring (bicyclic) bond motifs is 1. The molecule has 4 aromatic rings. The van der Waals surface area contributed by atoms with Gasteiger partial charge in [0.25, 0.3) is 0 Å². The van der Waals surface area contributed by atoms with Gasteiger partial charge >= 0.3 is 6.18 Å². The van der Waals surface area contributed by atoms with Crippen LogP contribution in [-0.4, -0.2) is 42.0 Å². The number of carbonyl (C=O) groups is 1. The van der Waals surface area contributed by atoms with Crippen LogP contribution in [0.1, 0.15) is 41.5 Å². The van der Waals surface area contributed by atoms with Crippen LogP contribution in [0.25, 0.3) is 10.9 Å². The summed E-state index contributed by atoms with van der Waals surface area (Å²) in [7, 11) is 0. The minimum atomic E-state index is -4.38. The summed E-state index contributed by atoms with van der Waals surface area (Å²) in [5.74, 6) is -0.142. The normalized spacial score (nSPS) is 15.2. The highest BCUT2D eigenvalue weighted by atomic mass is 35.5. The van der Waals surface area contributed by atoms with Crippen LogP contribution in [0.2, 0.25) is 5.02 Å². The van der Waals surface area contributed by atoms with Crippen molar-refractivity contribution in [1.29, 1.82) is 0 Å². The summed E-state index contributed by atoms with van der Waals surface area (Å²) >= 11 is 6.15. The SMILES string of the molecule is CCc1cccc2c(C(CC(=O)N3CCN(c4cccc(C(F)(F)F)c4)CC3)c3ccc(Cl)cc3)c[nH]c12. The van der Waals surface area contributed by atoms with E-state index in [1.807, 2.05) is 46.3 Å². The van der Waals surface area contributed by atoms with Gasteiger partial charge < -0.3 is 14.8 Å². The van der Waals surface area contributed by atoms with Gasteiger partial charge in [-0.1, -0.05) is 54.9 Å². The van der Waals surface area contributed by atoms with Gasteiger partial charge in [-0.15, -0.1) is 0 Å². The molecule has 0 radical (unpaired) electrons. The van der Waals surface area contributed by atoms with Gasteiger partial charge in [-0.05, 0) is 53.4 Å². The van der Waals surface area contributed by atoms with E-state index in [9.17, 15) is 18.0 Å². The van der Waals surface area contributed by atoms with E-state index in [-0.39, 0.29) is 18.2 Å². The molecule has 1 aliphatic heterocycles. The van der Waals surface area contributed by atoms with E-state index in [1.165, 1.54) is 17.7 Å². The predicted octanol–water partition coefficient (Wildman–Crippen LogP) is 7.27. The maximum atomic E-state index is 13.6. The lowest BCUT2D eigenvalue weighted by Crippen LogP contribution is -2.49. The molecule has 1 aromatic heterocycles. The van der Waals surface area contributed by atoms with E-state index in [0.29, 0.717) is 36.9 Å². The summed E-state index contributed by atoms with van der Waals surface area (Å²) < 4.78 is 39.5. The fraction of sp³-hybridized carbons (Fsp3) is 0.300. The molecule has 0 bridgehead atoms. The lowest BCUT2D eigenvalue weighted by Gasteiger charge is -2.37. The number of hydrogen-bond acceptors (Lipinski definition) is 2. The molecule has 1 fully saturated rings. The first-order valence-corrected chi connectivity index (χ1v) is 13.2. The summed E-state index contributed by atoms with van der Waals surface area (Å²) in [5, 5.41) is 1.74. The monoisotopic (exact) mass is 539 g/mol. The lowest BCUT2D eigenvalue weighted by atomic mass is 9.87. The molecule has 1 aliphatic rings. The van der Waals surface area contributed by atoms with Crippen molar-refractivity contribution >= 4 is 34.1 Å². The van der Waals surface area contributed by atoms with Crippen LogP contribution in [-0.2, 0) is 17.4 Å². The molecule has 1 N–H and O–H groups in total. The molecule has 2 heterocycles. The van der Waals surface area contributed by atoms with Gasteiger partial charge in [0.15, 0.2) is 0 Å². The van der Waals surface area contributed by atoms with Crippen molar-refractivity contribution in [2.75, 3.05) is 31.1 Å². The Morgan fingerprint density at radius 1 is 1.00 bits per heavy atom. The molecule has 38 heavy (non-hydrogen) atoms. The van der Waals surface area contributed by atoms with Crippen LogP contribution in [0.5, 0.6) is 0 Å². The Bertz CT molecular complexity index is 1420. The molecule has 0 spiro atoms. The number of nitrogens with zero attached hydrogens (tertiary/aromatic N) is 2. The summed E-state index contributed by atoms with van der Waals surface area (Å²) in [6, 6.07) is 19.2. The van der Waals surface area contributed by atoms with Crippen molar-refractivity contribution in [1.82, 2.24) is 9.88 Å². The minimum absolute atomic E-state index is 0.0228. The summed E-state index contributed by atoms with van der Waals surface area (Å²) in [6.07, 6.45) is -1.20. The predicted molar refractivity (Wildman–Crippen MR) is 146 cm³/mol. The van der Waals surface area contributed by atoms with Crippen LogP contribution < -0.4 is 4.90 Å². The maximum Gasteiger partial charge on any atom is 0.416 e. The van der Waals surface area contributed by atoms with Crippen molar-refractivity contribution < 1.29 is 18.0 Å². The highest BCUT2D eigenvalue weighted by molar-refractivity contribution is 6.30. The lowest BCUT2D eigenvalue weighted by molar-refractivity contribution is -0.137. The first kappa shape index (κ1) is 26.2. The number of carbonyl (C=O) groups excluding carboxylic acids is 1. The summed E-state index contributed by atoms with van der Waals surface area (Å²) in [4.78, 5) is 20.7. The standard InChI is InChI=1S/C30H29ClF3N3O/c1-2-20-5-3-8-25-27(19-35-29(20)25)26(21-9-11-23(31)12-10-21)18-28(38)37-15-13-36(14-16-37)24-7-4-6-22(17-24)30(32,33)34/h3-12,17,19,26,35H,2,13-16,18H2,1H3. The summed E-state index contributed by atoms with van der Waals surface area (Å²) in [6.45, 7) is 3.98. The van der Waals surface area contributed by atoms with E-state index in [0.717, 1.165) is 34.5 Å². The van der Waals surface area contributed by atoms with E-state index >= 15 is 0 Å². The molecule has 0 aliphatic carbocycles. The average Bonchev–Trinajstić information content (AvgIpc) is 3.36. The second-order valence-corrected chi connectivity index (χ2v) is 10.1. The zero-order valence-corrected chi connectivity index (χ0v) is 21.8. The van der Waals surface area contributed by atoms with E-state index in [1.54, 1.807) is 6.07 Å². The quantitative estimate of drug-likeness (QED) is 0.280. The van der Waals surface area contributed by atoms with Gasteiger partial charge in [0, 0.05) is 66.3 Å². The number of halogens is 4. The fourth-order valence-electron chi connectivity index (χ4n) is 5.32. The van der Waals surface area contributed by atoms with Gasteiger partial charge in [0.1, 0.15) is 0 Å². The minimum Gasteiger partial charge on any atom is -0.368 e. The Labute approximate surface area is 225 Å². The molecule has 0 saturated carbocycles. The van der Waals surface area contributed by atoms with Gasteiger partial charge in [-0.3, -0.25) is 4.79 Å². The summed E-state index contributed by atoms with van der Waals surface area (Å²) in [5.41, 5.74) is 4.24. The second-order valence-electron chi connectivity index (χ2n) is 9.66. The molecule has 1 saturated heterocycles. The number of H-pyrrole nitrogens is 1. The topological polar surface area (TPSA) is 39.3 Å². The Balaban J connectivity index is 1.35. The van der Waals surface area contributed by atoms with Gasteiger partial charge in [0.05, 0.1) is 5.56 Å². The molecule has 4 nitrogen and oxygen atoms in total. The van der Waals surface area contributed by atoms with Crippen LogP contribution in [0.15, 0.2) is 72.9 Å². The van der Waals surface area contributed by atoms with Crippen LogP contribution in [0.4, 0.5) is 18.9 Å². The number of para-hydroxylation sites is 1. The average molecular weight is 540 g/mol. The third kappa shape index (κ3) is 5.39.